The van der Waals surface area contributed by atoms with Crippen LogP contribution in [0.2, 0.25) is 0 Å². The molecule has 0 aliphatic heterocycles. The van der Waals surface area contributed by atoms with Crippen molar-refractivity contribution in [1.82, 2.24) is 14.5 Å². The van der Waals surface area contributed by atoms with Crippen molar-refractivity contribution in [3.63, 3.8) is 0 Å². The van der Waals surface area contributed by atoms with Gasteiger partial charge in [-0.2, -0.15) is 0 Å². The summed E-state index contributed by atoms with van der Waals surface area (Å²) in [5.41, 5.74) is 1.56. The van der Waals surface area contributed by atoms with Crippen LogP contribution in [0, 0.1) is 5.82 Å². The average molecular weight is 351 g/mol. The van der Waals surface area contributed by atoms with E-state index in [1.54, 1.807) is 29.1 Å². The molecule has 2 heterocycles. The number of hydrogen-bond donors (Lipinski definition) is 0. The van der Waals surface area contributed by atoms with Crippen molar-refractivity contribution in [2.24, 2.45) is 0 Å². The highest BCUT2D eigenvalue weighted by atomic mass is 32.2. The first-order valence-corrected chi connectivity index (χ1v) is 9.77. The van der Waals surface area contributed by atoms with E-state index in [9.17, 15) is 12.8 Å². The first kappa shape index (κ1) is 15.8. The van der Waals surface area contributed by atoms with Crippen molar-refractivity contribution in [2.75, 3.05) is 12.0 Å². The van der Waals surface area contributed by atoms with E-state index in [0.29, 0.717) is 17.4 Å². The van der Waals surface area contributed by atoms with E-state index in [-0.39, 0.29) is 11.6 Å². The van der Waals surface area contributed by atoms with Gasteiger partial charge in [0.05, 0.1) is 11.4 Å². The van der Waals surface area contributed by atoms with Gasteiger partial charge in [0.25, 0.3) is 0 Å². The average Bonchev–Trinajstić information content (AvgIpc) is 3.14. The Hall–Kier alpha value is -2.06. The largest absolute Gasteiger partial charge is 0.328 e. The van der Waals surface area contributed by atoms with Crippen LogP contribution in [-0.2, 0) is 16.4 Å². The fourth-order valence-electron chi connectivity index (χ4n) is 2.08. The molecule has 0 bridgehead atoms. The third kappa shape index (κ3) is 3.83. The predicted octanol–water partition coefficient (Wildman–Crippen LogP) is 2.86. The lowest BCUT2D eigenvalue weighted by atomic mass is 10.2. The Labute approximate surface area is 137 Å². The number of benzene rings is 1. The third-order valence-electron chi connectivity index (χ3n) is 3.25. The summed E-state index contributed by atoms with van der Waals surface area (Å²) in [6, 6.07) is 6.12. The highest BCUT2D eigenvalue weighted by Gasteiger charge is 2.13. The minimum Gasteiger partial charge on any atom is -0.328 e. The van der Waals surface area contributed by atoms with E-state index in [2.05, 4.69) is 9.97 Å². The van der Waals surface area contributed by atoms with E-state index in [1.165, 1.54) is 29.7 Å². The summed E-state index contributed by atoms with van der Waals surface area (Å²) >= 11 is 1.42. The van der Waals surface area contributed by atoms with Crippen LogP contribution in [0.3, 0.4) is 0 Å². The number of hydrogen-bond acceptors (Lipinski definition) is 5. The van der Waals surface area contributed by atoms with Crippen LogP contribution in [0.1, 0.15) is 0 Å². The van der Waals surface area contributed by atoms with E-state index in [1.807, 2.05) is 5.38 Å². The molecular formula is C15H14FN3O2S2. The Morgan fingerprint density at radius 2 is 2.00 bits per heavy atom. The molecule has 23 heavy (non-hydrogen) atoms. The molecule has 3 rings (SSSR count). The van der Waals surface area contributed by atoms with Crippen molar-refractivity contribution >= 4 is 21.2 Å². The van der Waals surface area contributed by atoms with Gasteiger partial charge in [-0.15, -0.1) is 11.3 Å². The van der Waals surface area contributed by atoms with Gasteiger partial charge in [-0.05, 0) is 24.3 Å². The van der Waals surface area contributed by atoms with Crippen LogP contribution in [-0.4, -0.2) is 35.0 Å². The second-order valence-electron chi connectivity index (χ2n) is 5.12. The van der Waals surface area contributed by atoms with Crippen LogP contribution in [0.5, 0.6) is 0 Å². The van der Waals surface area contributed by atoms with Crippen LogP contribution < -0.4 is 0 Å². The van der Waals surface area contributed by atoms with Crippen LogP contribution >= 0.6 is 11.3 Å². The predicted molar refractivity (Wildman–Crippen MR) is 88.4 cm³/mol. The molecule has 0 aliphatic carbocycles. The van der Waals surface area contributed by atoms with Crippen molar-refractivity contribution < 1.29 is 12.8 Å². The number of sulfone groups is 1. The Bertz CT molecular complexity index is 914. The van der Waals surface area contributed by atoms with Crippen molar-refractivity contribution in [1.29, 1.82) is 0 Å². The van der Waals surface area contributed by atoms with E-state index < -0.39 is 9.84 Å². The highest BCUT2D eigenvalue weighted by Crippen LogP contribution is 2.28. The quantitative estimate of drug-likeness (QED) is 0.709. The lowest BCUT2D eigenvalue weighted by Gasteiger charge is -2.04. The molecule has 0 fully saturated rings. The smallest absolute Gasteiger partial charge is 0.169 e. The molecule has 0 unspecified atom stereocenters. The molecule has 3 aromatic rings. The number of nitrogens with zero attached hydrogens (tertiary/aromatic N) is 3. The molecule has 0 spiro atoms. The molecule has 120 valence electrons. The fourth-order valence-corrected chi connectivity index (χ4v) is 3.45. The fraction of sp³-hybridized carbons (Fsp3) is 0.200. The minimum atomic E-state index is -3.04. The van der Waals surface area contributed by atoms with Crippen molar-refractivity contribution in [2.45, 2.75) is 6.54 Å². The molecule has 1 aromatic carbocycles. The summed E-state index contributed by atoms with van der Waals surface area (Å²) in [5, 5.41) is 2.57. The lowest BCUT2D eigenvalue weighted by Crippen LogP contribution is -2.11. The maximum atomic E-state index is 13.0. The van der Waals surface area contributed by atoms with Gasteiger partial charge in [0.15, 0.2) is 10.8 Å². The second kappa shape index (κ2) is 6.21. The van der Waals surface area contributed by atoms with Gasteiger partial charge in [-0.1, -0.05) is 0 Å². The van der Waals surface area contributed by atoms with Crippen LogP contribution in [0.15, 0.2) is 42.0 Å². The van der Waals surface area contributed by atoms with Crippen LogP contribution in [0.4, 0.5) is 4.39 Å². The molecule has 5 nitrogen and oxygen atoms in total. The molecule has 0 saturated carbocycles. The van der Waals surface area contributed by atoms with Gasteiger partial charge in [-0.3, -0.25) is 0 Å². The first-order valence-electron chi connectivity index (χ1n) is 6.83. The molecule has 8 heteroatoms. The summed E-state index contributed by atoms with van der Waals surface area (Å²) in [6.07, 6.45) is 4.57. The Kier molecular flexibility index (Phi) is 4.27. The zero-order valence-corrected chi connectivity index (χ0v) is 13.9. The van der Waals surface area contributed by atoms with Crippen molar-refractivity contribution in [3.05, 3.63) is 47.9 Å². The van der Waals surface area contributed by atoms with E-state index in [4.69, 9.17) is 0 Å². The molecule has 0 aliphatic rings. The molecule has 0 atom stereocenters. The number of aryl methyl sites for hydroxylation is 1. The summed E-state index contributed by atoms with van der Waals surface area (Å²) in [5.74, 6) is 0.388. The summed E-state index contributed by atoms with van der Waals surface area (Å²) in [4.78, 5) is 8.79. The van der Waals surface area contributed by atoms with Gasteiger partial charge in [0.1, 0.15) is 15.7 Å². The second-order valence-corrected chi connectivity index (χ2v) is 8.24. The Morgan fingerprint density at radius 1 is 1.26 bits per heavy atom. The molecule has 0 radical (unpaired) electrons. The topological polar surface area (TPSA) is 64.8 Å². The summed E-state index contributed by atoms with van der Waals surface area (Å²) < 4.78 is 37.4. The van der Waals surface area contributed by atoms with Gasteiger partial charge in [0.2, 0.25) is 0 Å². The third-order valence-corrected chi connectivity index (χ3v) is 5.02. The molecule has 0 N–H and O–H groups in total. The maximum absolute atomic E-state index is 13.0. The highest BCUT2D eigenvalue weighted by molar-refractivity contribution is 7.90. The van der Waals surface area contributed by atoms with E-state index >= 15 is 0 Å². The number of rotatable bonds is 5. The number of imidazole rings is 1. The van der Waals surface area contributed by atoms with Gasteiger partial charge in [0, 0.05) is 36.1 Å². The molecule has 0 saturated heterocycles. The lowest BCUT2D eigenvalue weighted by molar-refractivity contribution is 0.595. The van der Waals surface area contributed by atoms with E-state index in [0.717, 1.165) is 11.3 Å². The number of halogens is 1. The zero-order chi connectivity index (χ0) is 16.4. The Morgan fingerprint density at radius 3 is 2.70 bits per heavy atom. The van der Waals surface area contributed by atoms with Gasteiger partial charge >= 0.3 is 0 Å². The number of thiazole rings is 1. The van der Waals surface area contributed by atoms with Crippen molar-refractivity contribution in [3.8, 4) is 22.1 Å². The number of aromatic nitrogens is 3. The summed E-state index contributed by atoms with van der Waals surface area (Å²) in [7, 11) is -3.04. The first-order chi connectivity index (χ1) is 10.9. The van der Waals surface area contributed by atoms with Crippen LogP contribution in [0.25, 0.3) is 22.1 Å². The standard InChI is InChI=1S/C15H14FN3O2S2/c1-23(20,21)9-8-19-7-6-17-14(19)15-18-13(10-22-15)11-2-4-12(16)5-3-11/h2-7,10H,8-9H2,1H3. The monoisotopic (exact) mass is 351 g/mol. The summed E-state index contributed by atoms with van der Waals surface area (Å²) in [6.45, 7) is 0.333. The SMILES string of the molecule is CS(=O)(=O)CCn1ccnc1-c1nc(-c2ccc(F)cc2)cs1. The van der Waals surface area contributed by atoms with Gasteiger partial charge < -0.3 is 4.57 Å². The molecule has 0 amide bonds. The molecule has 2 aromatic heterocycles. The zero-order valence-electron chi connectivity index (χ0n) is 12.3. The Balaban J connectivity index is 1.86. The minimum absolute atomic E-state index is 0.0482. The molecular weight excluding hydrogens is 337 g/mol. The van der Waals surface area contributed by atoms with Gasteiger partial charge in [-0.25, -0.2) is 22.8 Å². The normalized spacial score (nSPS) is 11.7. The maximum Gasteiger partial charge on any atom is 0.169 e.